The second-order valence-corrected chi connectivity index (χ2v) is 8.59. The van der Waals surface area contributed by atoms with Gasteiger partial charge in [-0.05, 0) is 61.6 Å². The second kappa shape index (κ2) is 8.35. The molecule has 2 aliphatic rings. The van der Waals surface area contributed by atoms with Gasteiger partial charge in [0.1, 0.15) is 35.5 Å². The van der Waals surface area contributed by atoms with E-state index in [4.69, 9.17) is 15.6 Å². The molecule has 2 aromatic heterocycles. The number of fused-ring (bicyclic) bond motifs is 1. The SMILES string of the molecule is CC1C=C(c2nn([C@H]3CC[C@H](O)CC3)c3ncnc(N)c23)C=CC1Oc1ccc(F)cc1. The smallest absolute Gasteiger partial charge is 0.164 e. The zero-order chi connectivity index (χ0) is 22.2. The summed E-state index contributed by atoms with van der Waals surface area (Å²) in [6, 6.07) is 6.20. The predicted molar refractivity (Wildman–Crippen MR) is 120 cm³/mol. The third kappa shape index (κ3) is 3.86. The Kier molecular flexibility index (Phi) is 5.38. The van der Waals surface area contributed by atoms with Gasteiger partial charge >= 0.3 is 0 Å². The number of hydrogen-bond acceptors (Lipinski definition) is 6. The molecule has 3 N–H and O–H groups in total. The van der Waals surface area contributed by atoms with Gasteiger partial charge in [0.15, 0.2) is 5.65 Å². The van der Waals surface area contributed by atoms with E-state index >= 15 is 0 Å². The fraction of sp³-hybridized carbons (Fsp3) is 0.375. The van der Waals surface area contributed by atoms with Gasteiger partial charge in [0.25, 0.3) is 0 Å². The van der Waals surface area contributed by atoms with Gasteiger partial charge in [-0.2, -0.15) is 5.10 Å². The Balaban J connectivity index is 1.46. The van der Waals surface area contributed by atoms with Crippen LogP contribution in [0.3, 0.4) is 0 Å². The van der Waals surface area contributed by atoms with Crippen molar-refractivity contribution < 1.29 is 14.2 Å². The van der Waals surface area contributed by atoms with Gasteiger partial charge < -0.3 is 15.6 Å². The van der Waals surface area contributed by atoms with Crippen molar-refractivity contribution in [2.24, 2.45) is 5.92 Å². The molecule has 0 bridgehead atoms. The highest BCUT2D eigenvalue weighted by molar-refractivity contribution is 5.97. The molecule has 1 aromatic carbocycles. The normalized spacial score (nSPS) is 25.7. The van der Waals surface area contributed by atoms with E-state index in [9.17, 15) is 9.50 Å². The number of nitrogens with two attached hydrogens (primary N) is 1. The maximum Gasteiger partial charge on any atom is 0.164 e. The largest absolute Gasteiger partial charge is 0.486 e. The summed E-state index contributed by atoms with van der Waals surface area (Å²) in [5.74, 6) is 0.799. The van der Waals surface area contributed by atoms with Gasteiger partial charge in [-0.3, -0.25) is 0 Å². The topological polar surface area (TPSA) is 99.1 Å². The first-order chi connectivity index (χ1) is 15.5. The third-order valence-corrected chi connectivity index (χ3v) is 6.32. The van der Waals surface area contributed by atoms with Gasteiger partial charge in [-0.15, -0.1) is 0 Å². The van der Waals surface area contributed by atoms with E-state index in [0.29, 0.717) is 11.6 Å². The maximum atomic E-state index is 13.2. The number of hydrogen-bond donors (Lipinski definition) is 2. The second-order valence-electron chi connectivity index (χ2n) is 8.59. The van der Waals surface area contributed by atoms with Gasteiger partial charge in [-0.1, -0.05) is 19.1 Å². The van der Waals surface area contributed by atoms with Gasteiger partial charge in [-0.25, -0.2) is 19.0 Å². The van der Waals surface area contributed by atoms with Gasteiger partial charge in [0.05, 0.1) is 17.5 Å². The molecular formula is C24H26FN5O2. The molecule has 5 rings (SSSR count). The van der Waals surface area contributed by atoms with E-state index in [2.05, 4.69) is 23.0 Å². The minimum Gasteiger partial charge on any atom is -0.486 e. The molecule has 7 nitrogen and oxygen atoms in total. The van der Waals surface area contributed by atoms with Crippen molar-refractivity contribution in [1.82, 2.24) is 19.7 Å². The maximum absolute atomic E-state index is 13.2. The Labute approximate surface area is 185 Å². The van der Waals surface area contributed by atoms with Crippen LogP contribution < -0.4 is 10.5 Å². The lowest BCUT2D eigenvalue weighted by Gasteiger charge is -2.26. The number of aliphatic hydroxyl groups excluding tert-OH is 1. The van der Waals surface area contributed by atoms with Crippen LogP contribution in [-0.4, -0.2) is 37.1 Å². The molecule has 2 heterocycles. The zero-order valence-corrected chi connectivity index (χ0v) is 17.9. The lowest BCUT2D eigenvalue weighted by molar-refractivity contribution is 0.109. The molecule has 8 heteroatoms. The Morgan fingerprint density at radius 3 is 2.59 bits per heavy atom. The van der Waals surface area contributed by atoms with Gasteiger partial charge in [0.2, 0.25) is 0 Å². The number of nitrogens with zero attached hydrogens (tertiary/aromatic N) is 4. The molecule has 1 saturated carbocycles. The first-order valence-electron chi connectivity index (χ1n) is 11.0. The molecule has 0 aliphatic heterocycles. The zero-order valence-electron chi connectivity index (χ0n) is 17.9. The predicted octanol–water partition coefficient (Wildman–Crippen LogP) is 4.06. The number of aliphatic hydroxyl groups is 1. The van der Waals surface area contributed by atoms with Crippen LogP contribution in [0.15, 0.2) is 48.8 Å². The molecular weight excluding hydrogens is 409 g/mol. The Morgan fingerprint density at radius 1 is 1.12 bits per heavy atom. The highest BCUT2D eigenvalue weighted by atomic mass is 19.1. The van der Waals surface area contributed by atoms with E-state index < -0.39 is 0 Å². The Morgan fingerprint density at radius 2 is 1.88 bits per heavy atom. The Bertz CT molecular complexity index is 1180. The van der Waals surface area contributed by atoms with E-state index in [1.165, 1.54) is 18.5 Å². The van der Waals surface area contributed by atoms with Crippen molar-refractivity contribution in [3.63, 3.8) is 0 Å². The average molecular weight is 436 g/mol. The van der Waals surface area contributed by atoms with Crippen molar-refractivity contribution in [2.45, 2.75) is 50.9 Å². The van der Waals surface area contributed by atoms with Crippen molar-refractivity contribution >= 4 is 22.4 Å². The van der Waals surface area contributed by atoms with Crippen LogP contribution in [-0.2, 0) is 0 Å². The average Bonchev–Trinajstić information content (AvgIpc) is 3.18. The summed E-state index contributed by atoms with van der Waals surface area (Å²) in [5, 5.41) is 15.6. The number of aromatic nitrogens is 4. The summed E-state index contributed by atoms with van der Waals surface area (Å²) in [6.45, 7) is 2.07. The number of halogens is 1. The number of benzene rings is 1. The molecule has 0 amide bonds. The summed E-state index contributed by atoms with van der Waals surface area (Å²) in [4.78, 5) is 8.69. The van der Waals surface area contributed by atoms with Crippen LogP contribution in [0.25, 0.3) is 16.6 Å². The lowest BCUT2D eigenvalue weighted by Crippen LogP contribution is -2.24. The number of allylic oxidation sites excluding steroid dienone is 2. The Hall–Kier alpha value is -3.26. The summed E-state index contributed by atoms with van der Waals surface area (Å²) in [7, 11) is 0. The fourth-order valence-corrected chi connectivity index (χ4v) is 4.54. The number of ether oxygens (including phenoxy) is 1. The quantitative estimate of drug-likeness (QED) is 0.641. The molecule has 2 unspecified atom stereocenters. The summed E-state index contributed by atoms with van der Waals surface area (Å²) in [5.41, 5.74) is 8.68. The van der Waals surface area contributed by atoms with Crippen LogP contribution in [0.2, 0.25) is 0 Å². The standard InChI is InChI=1S/C24H26FN5O2/c1-14-12-15(2-11-20(14)32-19-9-3-16(25)4-10-19)22-21-23(26)27-13-28-24(21)30(29-22)17-5-7-18(31)8-6-17/h2-4,9-14,17-18,20,31H,5-8H2,1H3,(H2,26,27,28)/t14?,17-,18-,20?. The molecule has 2 atom stereocenters. The number of anilines is 1. The van der Waals surface area contributed by atoms with Crippen LogP contribution >= 0.6 is 0 Å². The van der Waals surface area contributed by atoms with Crippen molar-refractivity contribution in [2.75, 3.05) is 5.73 Å². The summed E-state index contributed by atoms with van der Waals surface area (Å²) < 4.78 is 21.2. The van der Waals surface area contributed by atoms with Crippen LogP contribution in [0.4, 0.5) is 10.2 Å². The minimum atomic E-state index is -0.290. The van der Waals surface area contributed by atoms with Crippen molar-refractivity contribution in [3.05, 3.63) is 60.3 Å². The molecule has 0 radical (unpaired) electrons. The van der Waals surface area contributed by atoms with Crippen LogP contribution in [0, 0.1) is 11.7 Å². The highest BCUT2D eigenvalue weighted by Gasteiger charge is 2.28. The van der Waals surface area contributed by atoms with E-state index in [0.717, 1.165) is 48.0 Å². The lowest BCUT2D eigenvalue weighted by atomic mass is 9.93. The van der Waals surface area contributed by atoms with Gasteiger partial charge in [0, 0.05) is 5.92 Å². The molecule has 0 spiro atoms. The fourth-order valence-electron chi connectivity index (χ4n) is 4.54. The van der Waals surface area contributed by atoms with Crippen molar-refractivity contribution in [3.8, 4) is 5.75 Å². The van der Waals surface area contributed by atoms with Crippen LogP contribution in [0.5, 0.6) is 5.75 Å². The van der Waals surface area contributed by atoms with E-state index in [1.54, 1.807) is 12.1 Å². The minimum absolute atomic E-state index is 0.0657. The number of nitrogen functional groups attached to an aromatic ring is 1. The van der Waals surface area contributed by atoms with Crippen molar-refractivity contribution in [1.29, 1.82) is 0 Å². The molecule has 1 fully saturated rings. The molecule has 32 heavy (non-hydrogen) atoms. The first-order valence-corrected chi connectivity index (χ1v) is 11.0. The number of rotatable bonds is 4. The third-order valence-electron chi connectivity index (χ3n) is 6.32. The molecule has 2 aliphatic carbocycles. The van der Waals surface area contributed by atoms with E-state index in [-0.39, 0.29) is 30.0 Å². The highest BCUT2D eigenvalue weighted by Crippen LogP contribution is 2.36. The van der Waals surface area contributed by atoms with E-state index in [1.807, 2.05) is 16.8 Å². The monoisotopic (exact) mass is 435 g/mol. The summed E-state index contributed by atoms with van der Waals surface area (Å²) >= 11 is 0. The molecule has 0 saturated heterocycles. The molecule has 3 aromatic rings. The first kappa shape index (κ1) is 20.6. The summed E-state index contributed by atoms with van der Waals surface area (Å²) in [6.07, 6.45) is 10.3. The molecule has 166 valence electrons. The van der Waals surface area contributed by atoms with Crippen LogP contribution in [0.1, 0.15) is 44.3 Å².